The minimum atomic E-state index is -3.37. The molecule has 2 aliphatic carbocycles. The molecule has 2 fully saturated rings. The monoisotopic (exact) mass is 649 g/mol. The van der Waals surface area contributed by atoms with Crippen LogP contribution in [0.5, 0.6) is 0 Å². The molecule has 0 aliphatic heterocycles. The number of likely N-dealkylation sites (N-methyl/N-ethyl adjacent to an activating group) is 1. The minimum Gasteiger partial charge on any atom is -0.339 e. The maximum Gasteiger partial charge on any atom is 0.287 e. The van der Waals surface area contributed by atoms with E-state index in [2.05, 4.69) is 15.7 Å². The van der Waals surface area contributed by atoms with Gasteiger partial charge in [-0.25, -0.2) is 17.6 Å². The first-order valence-electron chi connectivity index (χ1n) is 16.5. The van der Waals surface area contributed by atoms with Gasteiger partial charge in [-0.1, -0.05) is 70.3 Å². The molecule has 0 bridgehead atoms. The molecular formula is C34H47F4N5O3. The predicted octanol–water partition coefficient (Wildman–Crippen LogP) is 7.24. The number of nitrogens with zero attached hydrogens (tertiary/aromatic N) is 3. The van der Waals surface area contributed by atoms with Gasteiger partial charge in [0.2, 0.25) is 18.1 Å². The Kier molecular flexibility index (Phi) is 12.2. The topological polar surface area (TPSA) is 96.3 Å². The molecule has 3 unspecified atom stereocenters. The highest BCUT2D eigenvalue weighted by atomic mass is 19.3. The summed E-state index contributed by atoms with van der Waals surface area (Å²) in [5, 5.41) is 10.0. The lowest BCUT2D eigenvalue weighted by Gasteiger charge is -2.42. The van der Waals surface area contributed by atoms with Gasteiger partial charge in [-0.3, -0.25) is 19.1 Å². The van der Waals surface area contributed by atoms with E-state index in [0.717, 1.165) is 77.3 Å². The van der Waals surface area contributed by atoms with Gasteiger partial charge in [-0.05, 0) is 62.3 Å². The summed E-state index contributed by atoms with van der Waals surface area (Å²) in [5.41, 5.74) is 0.332. The lowest BCUT2D eigenvalue weighted by atomic mass is 9.66. The Morgan fingerprint density at radius 3 is 2.02 bits per heavy atom. The molecule has 1 aromatic carbocycles. The molecule has 2 aliphatic rings. The van der Waals surface area contributed by atoms with Gasteiger partial charge in [0.15, 0.2) is 0 Å². The van der Waals surface area contributed by atoms with Crippen molar-refractivity contribution in [1.82, 2.24) is 20.0 Å². The number of carbonyl (C=O) groups is 3. The van der Waals surface area contributed by atoms with Gasteiger partial charge < -0.3 is 15.5 Å². The zero-order valence-corrected chi connectivity index (χ0v) is 27.2. The van der Waals surface area contributed by atoms with Crippen molar-refractivity contribution in [3.63, 3.8) is 0 Å². The summed E-state index contributed by atoms with van der Waals surface area (Å²) in [4.78, 5) is 40.8. The van der Waals surface area contributed by atoms with Crippen LogP contribution in [0.3, 0.4) is 0 Å². The number of rotatable bonds is 12. The molecule has 1 aromatic heterocycles. The van der Waals surface area contributed by atoms with Crippen molar-refractivity contribution in [2.75, 3.05) is 12.4 Å². The fourth-order valence-corrected chi connectivity index (χ4v) is 7.28. The summed E-state index contributed by atoms with van der Waals surface area (Å²) in [6.07, 6.45) is 5.70. The van der Waals surface area contributed by atoms with E-state index in [0.29, 0.717) is 10.6 Å². The number of alkyl halides is 3. The summed E-state index contributed by atoms with van der Waals surface area (Å²) >= 11 is 0. The Bertz CT molecular complexity index is 1320. The molecule has 254 valence electrons. The molecule has 2 aromatic rings. The first kappa shape index (κ1) is 35.4. The molecule has 12 heteroatoms. The van der Waals surface area contributed by atoms with Crippen LogP contribution in [0, 0.1) is 23.6 Å². The van der Waals surface area contributed by atoms with E-state index >= 15 is 4.39 Å². The maximum absolute atomic E-state index is 15.5. The Balaban J connectivity index is 1.62. The average molecular weight is 650 g/mol. The highest BCUT2D eigenvalue weighted by molar-refractivity contribution is 6.01. The number of aromatic nitrogens is 2. The maximum atomic E-state index is 15.5. The number of amides is 3. The summed E-state index contributed by atoms with van der Waals surface area (Å²) in [6.45, 7) is 5.19. The zero-order chi connectivity index (χ0) is 33.5. The molecule has 4 rings (SSSR count). The van der Waals surface area contributed by atoms with E-state index in [1.807, 2.05) is 13.8 Å². The number of nitrogens with one attached hydrogen (secondary N) is 2. The number of halogens is 4. The number of carbonyl (C=O) groups excluding carboxylic acids is 3. The second-order valence-corrected chi connectivity index (χ2v) is 13.2. The van der Waals surface area contributed by atoms with Gasteiger partial charge in [-0.2, -0.15) is 5.10 Å². The second-order valence-electron chi connectivity index (χ2n) is 13.2. The number of hydrogen-bond acceptors (Lipinski definition) is 4. The Hall–Kier alpha value is -3.44. The Morgan fingerprint density at radius 1 is 0.913 bits per heavy atom. The van der Waals surface area contributed by atoms with Crippen LogP contribution < -0.4 is 10.6 Å². The van der Waals surface area contributed by atoms with Crippen molar-refractivity contribution in [2.45, 2.75) is 116 Å². The van der Waals surface area contributed by atoms with Crippen LogP contribution in [-0.4, -0.2) is 58.2 Å². The average Bonchev–Trinajstić information content (AvgIpc) is 3.56. The third-order valence-electron chi connectivity index (χ3n) is 9.78. The number of anilines is 1. The lowest BCUT2D eigenvalue weighted by molar-refractivity contribution is -0.143. The molecule has 0 saturated heterocycles. The first-order valence-corrected chi connectivity index (χ1v) is 16.5. The number of hydrogen-bond donors (Lipinski definition) is 2. The van der Waals surface area contributed by atoms with E-state index in [9.17, 15) is 27.6 Å². The van der Waals surface area contributed by atoms with Gasteiger partial charge in [-0.15, -0.1) is 0 Å². The molecule has 3 amide bonds. The fourth-order valence-electron chi connectivity index (χ4n) is 7.28. The van der Waals surface area contributed by atoms with E-state index in [1.54, 1.807) is 16.9 Å². The molecule has 1 heterocycles. The van der Waals surface area contributed by atoms with Crippen LogP contribution in [0.15, 0.2) is 30.5 Å². The molecule has 2 N–H and O–H groups in total. The van der Waals surface area contributed by atoms with Crippen LogP contribution in [-0.2, 0) is 9.59 Å². The largest absolute Gasteiger partial charge is 0.339 e. The molecule has 0 spiro atoms. The van der Waals surface area contributed by atoms with Crippen molar-refractivity contribution in [3.8, 4) is 0 Å². The Labute approximate surface area is 268 Å². The van der Waals surface area contributed by atoms with E-state index < -0.39 is 48.2 Å². The van der Waals surface area contributed by atoms with Crippen molar-refractivity contribution in [3.05, 3.63) is 47.5 Å². The second kappa shape index (κ2) is 15.9. The third-order valence-corrected chi connectivity index (χ3v) is 9.78. The summed E-state index contributed by atoms with van der Waals surface area (Å²) in [5.74, 6) is -3.52. The van der Waals surface area contributed by atoms with Gasteiger partial charge in [0.25, 0.3) is 12.3 Å². The fraction of sp³-hybridized carbons (Fsp3) is 0.647. The Morgan fingerprint density at radius 2 is 1.50 bits per heavy atom. The molecular weight excluding hydrogens is 602 g/mol. The van der Waals surface area contributed by atoms with Crippen LogP contribution in [0.2, 0.25) is 0 Å². The lowest BCUT2D eigenvalue weighted by Crippen LogP contribution is -2.53. The van der Waals surface area contributed by atoms with E-state index in [-0.39, 0.29) is 35.0 Å². The minimum absolute atomic E-state index is 0.0802. The summed E-state index contributed by atoms with van der Waals surface area (Å²) in [6, 6.07) is 4.34. The normalized spacial score (nSPS) is 18.4. The van der Waals surface area contributed by atoms with Crippen molar-refractivity contribution >= 4 is 23.4 Å². The molecule has 3 atom stereocenters. The predicted molar refractivity (Wildman–Crippen MR) is 168 cm³/mol. The highest BCUT2D eigenvalue weighted by Crippen LogP contribution is 2.42. The van der Waals surface area contributed by atoms with Gasteiger partial charge in [0.1, 0.15) is 17.6 Å². The van der Waals surface area contributed by atoms with Gasteiger partial charge >= 0.3 is 0 Å². The summed E-state index contributed by atoms with van der Waals surface area (Å²) < 4.78 is 56.5. The van der Waals surface area contributed by atoms with Crippen LogP contribution in [0.4, 0.5) is 23.2 Å². The number of benzene rings is 1. The smallest absolute Gasteiger partial charge is 0.287 e. The molecule has 46 heavy (non-hydrogen) atoms. The SMILES string of the molecule is CC(C(=O)N(C)C(F)C(F)F)c1ccc(NC(=O)C(NC(=O)c2ccnn2C(C)C)C(C2CCCCC2)C2CCCCC2)c(F)c1. The van der Waals surface area contributed by atoms with E-state index in [1.165, 1.54) is 19.1 Å². The summed E-state index contributed by atoms with van der Waals surface area (Å²) in [7, 11) is 0.929. The van der Waals surface area contributed by atoms with E-state index in [4.69, 9.17) is 0 Å². The third kappa shape index (κ3) is 8.28. The first-order chi connectivity index (χ1) is 21.9. The van der Waals surface area contributed by atoms with Crippen LogP contribution in [0.25, 0.3) is 0 Å². The van der Waals surface area contributed by atoms with Gasteiger partial charge in [0, 0.05) is 19.3 Å². The van der Waals surface area contributed by atoms with Crippen molar-refractivity contribution in [1.29, 1.82) is 0 Å². The van der Waals surface area contributed by atoms with Crippen LogP contribution in [0.1, 0.15) is 113 Å². The molecule has 0 radical (unpaired) electrons. The van der Waals surface area contributed by atoms with Crippen molar-refractivity contribution in [2.24, 2.45) is 17.8 Å². The van der Waals surface area contributed by atoms with Crippen molar-refractivity contribution < 1.29 is 31.9 Å². The highest BCUT2D eigenvalue weighted by Gasteiger charge is 2.42. The van der Waals surface area contributed by atoms with Gasteiger partial charge in [0.05, 0.1) is 11.6 Å². The molecule has 8 nitrogen and oxygen atoms in total. The van der Waals surface area contributed by atoms with Crippen LogP contribution >= 0.6 is 0 Å². The zero-order valence-electron chi connectivity index (χ0n) is 27.2. The quantitative estimate of drug-likeness (QED) is 0.187. The molecule has 2 saturated carbocycles. The standard InChI is InChI=1S/C34H47F4N5O3/c1-20(2)43-27(17-18-39-43)32(44)41-29(28(22-11-7-5-8-12-22)23-13-9-6-10-14-23)33(45)40-26-16-15-24(19-25(26)35)21(3)34(46)42(4)31(38)30(36)37/h15-23,28-31H,5-14H2,1-4H3,(H,40,45)(H,41,44).